The van der Waals surface area contributed by atoms with Crippen LogP contribution in [0.15, 0.2) is 18.2 Å². The van der Waals surface area contributed by atoms with Gasteiger partial charge in [0.15, 0.2) is 0 Å². The van der Waals surface area contributed by atoms with Crippen LogP contribution in [-0.2, 0) is 0 Å². The Labute approximate surface area is 94.7 Å². The van der Waals surface area contributed by atoms with E-state index in [0.717, 1.165) is 12.8 Å². The van der Waals surface area contributed by atoms with Crippen LogP contribution >= 0.6 is 11.6 Å². The third kappa shape index (κ3) is 3.13. The monoisotopic (exact) mass is 226 g/mol. The Morgan fingerprint density at radius 3 is 2.87 bits per heavy atom. The van der Waals surface area contributed by atoms with Crippen molar-refractivity contribution < 1.29 is 4.74 Å². The number of nitrogens with one attached hydrogen (secondary N) is 1. The smallest absolute Gasteiger partial charge is 0.131 e. The van der Waals surface area contributed by atoms with Gasteiger partial charge >= 0.3 is 0 Å². The van der Waals surface area contributed by atoms with Gasteiger partial charge in [-0.2, -0.15) is 0 Å². The first-order valence-corrected chi connectivity index (χ1v) is 5.30. The van der Waals surface area contributed by atoms with Gasteiger partial charge in [0, 0.05) is 0 Å². The van der Waals surface area contributed by atoms with Crippen LogP contribution in [0, 0.1) is 5.41 Å². The van der Waals surface area contributed by atoms with Crippen LogP contribution in [0.3, 0.4) is 0 Å². The second-order valence-corrected chi connectivity index (χ2v) is 3.64. The molecule has 4 heteroatoms. The van der Waals surface area contributed by atoms with Gasteiger partial charge in [0.1, 0.15) is 11.6 Å². The molecule has 0 unspecified atom stereocenters. The van der Waals surface area contributed by atoms with Crippen LogP contribution < -0.4 is 10.5 Å². The number of nitrogens with two attached hydrogens (primary N) is 1. The lowest BCUT2D eigenvalue weighted by Crippen LogP contribution is -2.14. The number of rotatable bonds is 5. The summed E-state index contributed by atoms with van der Waals surface area (Å²) < 4.78 is 5.51. The van der Waals surface area contributed by atoms with Gasteiger partial charge in [-0.3, -0.25) is 5.41 Å². The standard InChI is InChI=1S/C11H15ClN2O/c1-2-3-7-15-9-6-4-5-8(12)10(9)11(13)14/h4-6H,2-3,7H2,1H3,(H3,13,14). The van der Waals surface area contributed by atoms with Crippen molar-refractivity contribution in [1.82, 2.24) is 0 Å². The van der Waals surface area contributed by atoms with Crippen molar-refractivity contribution in [3.8, 4) is 5.75 Å². The fourth-order valence-electron chi connectivity index (χ4n) is 1.21. The molecule has 3 nitrogen and oxygen atoms in total. The van der Waals surface area contributed by atoms with Crippen LogP contribution in [0.1, 0.15) is 25.3 Å². The van der Waals surface area contributed by atoms with Crippen molar-refractivity contribution >= 4 is 17.4 Å². The highest BCUT2D eigenvalue weighted by atomic mass is 35.5. The Morgan fingerprint density at radius 2 is 2.27 bits per heavy atom. The molecule has 0 fully saturated rings. The van der Waals surface area contributed by atoms with Crippen molar-refractivity contribution in [2.45, 2.75) is 19.8 Å². The molecule has 3 N–H and O–H groups in total. The minimum atomic E-state index is -0.0629. The summed E-state index contributed by atoms with van der Waals surface area (Å²) in [6, 6.07) is 5.26. The first-order chi connectivity index (χ1) is 7.16. The molecule has 82 valence electrons. The molecule has 0 heterocycles. The van der Waals surface area contributed by atoms with E-state index in [4.69, 9.17) is 27.5 Å². The molecular weight excluding hydrogens is 212 g/mol. The van der Waals surface area contributed by atoms with Gasteiger partial charge < -0.3 is 10.5 Å². The van der Waals surface area contributed by atoms with E-state index in [1.165, 1.54) is 0 Å². The molecule has 0 bridgehead atoms. The maximum atomic E-state index is 7.41. The fourth-order valence-corrected chi connectivity index (χ4v) is 1.48. The largest absolute Gasteiger partial charge is 0.493 e. The number of nitrogen functional groups attached to an aromatic ring is 1. The van der Waals surface area contributed by atoms with Crippen molar-refractivity contribution in [2.24, 2.45) is 5.73 Å². The highest BCUT2D eigenvalue weighted by Crippen LogP contribution is 2.25. The molecule has 0 saturated carbocycles. The van der Waals surface area contributed by atoms with E-state index >= 15 is 0 Å². The Balaban J connectivity index is 2.86. The molecule has 0 spiro atoms. The predicted molar refractivity (Wildman–Crippen MR) is 62.9 cm³/mol. The second-order valence-electron chi connectivity index (χ2n) is 3.23. The van der Waals surface area contributed by atoms with E-state index in [1.54, 1.807) is 18.2 Å². The van der Waals surface area contributed by atoms with Crippen molar-refractivity contribution in [3.05, 3.63) is 28.8 Å². The summed E-state index contributed by atoms with van der Waals surface area (Å²) in [7, 11) is 0. The number of benzene rings is 1. The highest BCUT2D eigenvalue weighted by Gasteiger charge is 2.10. The maximum Gasteiger partial charge on any atom is 0.131 e. The van der Waals surface area contributed by atoms with Gasteiger partial charge in [-0.05, 0) is 18.6 Å². The summed E-state index contributed by atoms with van der Waals surface area (Å²) >= 11 is 5.94. The number of ether oxygens (including phenoxy) is 1. The normalized spacial score (nSPS) is 10.0. The zero-order valence-electron chi connectivity index (χ0n) is 8.72. The highest BCUT2D eigenvalue weighted by molar-refractivity contribution is 6.34. The zero-order chi connectivity index (χ0) is 11.3. The molecule has 0 saturated heterocycles. The van der Waals surface area contributed by atoms with E-state index in [0.29, 0.717) is 22.9 Å². The third-order valence-corrected chi connectivity index (χ3v) is 2.32. The summed E-state index contributed by atoms with van der Waals surface area (Å²) in [6.45, 7) is 2.71. The van der Waals surface area contributed by atoms with Gasteiger partial charge in [-0.15, -0.1) is 0 Å². The van der Waals surface area contributed by atoms with Crippen LogP contribution in [0.25, 0.3) is 0 Å². The number of halogens is 1. The summed E-state index contributed by atoms with van der Waals surface area (Å²) in [6.07, 6.45) is 2.04. The minimum absolute atomic E-state index is 0.0629. The minimum Gasteiger partial charge on any atom is -0.493 e. The molecule has 0 aliphatic heterocycles. The van der Waals surface area contributed by atoms with Gasteiger partial charge in [0.05, 0.1) is 17.2 Å². The van der Waals surface area contributed by atoms with E-state index in [1.807, 2.05) is 0 Å². The topological polar surface area (TPSA) is 59.1 Å². The average molecular weight is 227 g/mol. The lowest BCUT2D eigenvalue weighted by atomic mass is 10.2. The quantitative estimate of drug-likeness (QED) is 0.461. The second kappa shape index (κ2) is 5.61. The molecule has 0 aliphatic rings. The van der Waals surface area contributed by atoms with Crippen LogP contribution in [0.5, 0.6) is 5.75 Å². The van der Waals surface area contributed by atoms with Crippen molar-refractivity contribution in [2.75, 3.05) is 6.61 Å². The van der Waals surface area contributed by atoms with Gasteiger partial charge in [0.25, 0.3) is 0 Å². The fraction of sp³-hybridized carbons (Fsp3) is 0.364. The molecule has 1 aromatic carbocycles. The third-order valence-electron chi connectivity index (χ3n) is 2.00. The molecule has 1 aromatic rings. The van der Waals surface area contributed by atoms with Gasteiger partial charge in [-0.25, -0.2) is 0 Å². The van der Waals surface area contributed by atoms with E-state index in [9.17, 15) is 0 Å². The van der Waals surface area contributed by atoms with E-state index < -0.39 is 0 Å². The van der Waals surface area contributed by atoms with Crippen LogP contribution in [-0.4, -0.2) is 12.4 Å². The van der Waals surface area contributed by atoms with E-state index in [2.05, 4.69) is 6.92 Å². The van der Waals surface area contributed by atoms with Crippen LogP contribution in [0.2, 0.25) is 5.02 Å². The van der Waals surface area contributed by atoms with Gasteiger partial charge in [-0.1, -0.05) is 31.0 Å². The van der Waals surface area contributed by atoms with Gasteiger partial charge in [0.2, 0.25) is 0 Å². The number of amidine groups is 1. The Kier molecular flexibility index (Phi) is 4.43. The molecule has 0 aliphatic carbocycles. The molecular formula is C11H15ClN2O. The number of hydrogen-bond acceptors (Lipinski definition) is 2. The Hall–Kier alpha value is -1.22. The lowest BCUT2D eigenvalue weighted by molar-refractivity contribution is 0.309. The SMILES string of the molecule is CCCCOc1cccc(Cl)c1C(=N)N. The van der Waals surface area contributed by atoms with Crippen molar-refractivity contribution in [1.29, 1.82) is 5.41 Å². The zero-order valence-corrected chi connectivity index (χ0v) is 9.47. The number of unbranched alkanes of at least 4 members (excludes halogenated alkanes) is 1. The molecule has 0 aromatic heterocycles. The maximum absolute atomic E-state index is 7.41. The summed E-state index contributed by atoms with van der Waals surface area (Å²) in [4.78, 5) is 0. The molecule has 0 atom stereocenters. The predicted octanol–water partition coefficient (Wildman–Crippen LogP) is 2.80. The molecule has 1 rings (SSSR count). The molecule has 15 heavy (non-hydrogen) atoms. The first-order valence-electron chi connectivity index (χ1n) is 4.92. The summed E-state index contributed by atoms with van der Waals surface area (Å²) in [5.74, 6) is 0.524. The van der Waals surface area contributed by atoms with Crippen molar-refractivity contribution in [3.63, 3.8) is 0 Å². The molecule has 0 radical (unpaired) electrons. The Bertz CT molecular complexity index is 352. The van der Waals surface area contributed by atoms with Crippen LogP contribution in [0.4, 0.5) is 0 Å². The Morgan fingerprint density at radius 1 is 1.53 bits per heavy atom. The average Bonchev–Trinajstić information content (AvgIpc) is 2.17. The summed E-state index contributed by atoms with van der Waals surface area (Å²) in [5.41, 5.74) is 5.92. The lowest BCUT2D eigenvalue weighted by Gasteiger charge is -2.11. The van der Waals surface area contributed by atoms with E-state index in [-0.39, 0.29) is 5.84 Å². The summed E-state index contributed by atoms with van der Waals surface area (Å²) in [5, 5.41) is 7.87. The molecule has 0 amide bonds. The first kappa shape index (κ1) is 11.9. The number of hydrogen-bond donors (Lipinski definition) is 2.